The molecule has 0 aromatic heterocycles. The van der Waals surface area contributed by atoms with E-state index >= 15 is 0 Å². The largest absolute Gasteiger partial charge is 2.00 e. The molecule has 8 atom stereocenters. The van der Waals surface area contributed by atoms with Crippen molar-refractivity contribution in [3.63, 3.8) is 0 Å². The second-order valence-electron chi connectivity index (χ2n) is 22.2. The van der Waals surface area contributed by atoms with Crippen LogP contribution in [0, 0.1) is 67.0 Å². The zero-order valence-corrected chi connectivity index (χ0v) is 50.7. The van der Waals surface area contributed by atoms with Gasteiger partial charge in [-0.2, -0.15) is 0 Å². The Morgan fingerprint density at radius 2 is 0.662 bits per heavy atom. The molecule has 16 nitrogen and oxygen atoms in total. The number of fused-ring (bicyclic) bond motifs is 8. The predicted octanol–water partition coefficient (Wildman–Crippen LogP) is -0.391. The van der Waals surface area contributed by atoms with Crippen LogP contribution in [0.1, 0.15) is 132 Å². The Balaban J connectivity index is 0.000000296. The zero-order valence-electron chi connectivity index (χ0n) is 40.8. The third kappa shape index (κ3) is 12.4. The van der Waals surface area contributed by atoms with Gasteiger partial charge in [-0.25, -0.2) is 33.7 Å². The van der Waals surface area contributed by atoms with Gasteiger partial charge in [0.25, 0.3) is 0 Å². The fraction of sp³-hybridized carbons (Fsp3) is 0.860. The average Bonchev–Trinajstić information content (AvgIpc) is 4.00. The molecule has 0 aromatic rings. The number of hydrogen-bond donors (Lipinski definition) is 0. The Labute approximate surface area is 466 Å². The minimum Gasteiger partial charge on any atom is -0.748 e. The summed E-state index contributed by atoms with van der Waals surface area (Å²) >= 11 is 0. The Kier molecular flexibility index (Phi) is 21.2. The van der Waals surface area contributed by atoms with Crippen LogP contribution in [0.15, 0.2) is 11.5 Å². The fourth-order valence-corrected chi connectivity index (χ4v) is 20.5. The minimum absolute atomic E-state index is 0. The van der Waals surface area contributed by atoms with Gasteiger partial charge in [-0.1, -0.05) is 83.1 Å². The van der Waals surface area contributed by atoms with E-state index in [9.17, 15) is 71.1 Å². The van der Waals surface area contributed by atoms with Crippen LogP contribution < -0.4 is 59.1 Å². The van der Waals surface area contributed by atoms with Crippen LogP contribution in [-0.2, 0) is 76.1 Å². The fourth-order valence-electron chi connectivity index (χ4n) is 13.8. The number of carbonyl (C=O) groups is 4. The standard InChI is InChI=1S/4C10H16O4S.C3H4S2.2Na.Ni/c4*1-9(2)7-3-4-10(9,8(11)5-7)6-15(12,13)14;1-2-4-5-3-1;;;/h4*7H,3-6H2,1-2H3,(H,12,13,14);1-2H,3H2;;;/q;;;;;2*+1;+2/p-4. The number of Topliss-reactive ketones (excluding diaryl/α,β-unsaturated/α-hetero) is 4. The first-order valence-corrected chi connectivity index (χ1v) is 30.8. The molecule has 8 saturated carbocycles. The molecule has 9 aliphatic rings. The summed E-state index contributed by atoms with van der Waals surface area (Å²) < 4.78 is 131. The molecular weight excluding hydrogens is 1070 g/mol. The third-order valence-corrected chi connectivity index (χ3v) is 23.9. The Morgan fingerprint density at radius 3 is 0.750 bits per heavy atom. The van der Waals surface area contributed by atoms with Crippen LogP contribution in [-0.4, -0.2) is 104 Å². The van der Waals surface area contributed by atoms with Gasteiger partial charge >= 0.3 is 75.6 Å². The molecule has 8 unspecified atom stereocenters. The average molecular weight is 1130 g/mol. The molecule has 0 amide bonds. The molecule has 0 aromatic carbocycles. The SMILES string of the molecule is C1=CSSC1.CC1(C)C2CCC1(CS(=O)(=O)[O-])C(=O)C2.CC1(C)C2CCC1(CS(=O)(=O)[O-])C(=O)C2.CC1(C)C2CCC1(CS(=O)(=O)[O-])C(=O)C2.CC1(C)C2CCC1(CS(=O)(=O)[O-])C(=O)C2.[Na+].[Na+].[Ni+2]. The number of ketones is 4. The number of hydrogen-bond acceptors (Lipinski definition) is 18. The normalized spacial score (nSPS) is 35.6. The van der Waals surface area contributed by atoms with Crippen LogP contribution in [0.5, 0.6) is 0 Å². The molecule has 8 bridgehead atoms. The van der Waals surface area contributed by atoms with Crippen molar-refractivity contribution >= 4 is 85.2 Å². The van der Waals surface area contributed by atoms with E-state index in [0.29, 0.717) is 51.4 Å². The quantitative estimate of drug-likeness (QED) is 0.170. The molecule has 0 spiro atoms. The molecule has 0 radical (unpaired) electrons. The topological polar surface area (TPSA) is 297 Å². The van der Waals surface area contributed by atoms with Crippen LogP contribution in [0.25, 0.3) is 0 Å². The van der Waals surface area contributed by atoms with Crippen LogP contribution in [0.2, 0.25) is 0 Å². The van der Waals surface area contributed by atoms with Crippen molar-refractivity contribution in [2.24, 2.45) is 67.0 Å². The van der Waals surface area contributed by atoms with E-state index in [4.69, 9.17) is 0 Å². The molecule has 8 aliphatic carbocycles. The van der Waals surface area contributed by atoms with Gasteiger partial charge in [0.1, 0.15) is 23.1 Å². The van der Waals surface area contributed by atoms with Crippen molar-refractivity contribution in [2.75, 3.05) is 28.8 Å². The van der Waals surface area contributed by atoms with Gasteiger partial charge in [0, 0.05) is 53.1 Å². The predicted molar refractivity (Wildman–Crippen MR) is 242 cm³/mol. The first-order valence-electron chi connectivity index (χ1n) is 22.1. The summed E-state index contributed by atoms with van der Waals surface area (Å²) in [6.07, 6.45) is 9.67. The third-order valence-electron chi connectivity index (χ3n) is 18.6. The van der Waals surface area contributed by atoms with Gasteiger partial charge in [-0.05, 0) is 102 Å². The zero-order chi connectivity index (χ0) is 49.5. The van der Waals surface area contributed by atoms with Crippen molar-refractivity contribution in [3.05, 3.63) is 11.5 Å². The van der Waals surface area contributed by atoms with Gasteiger partial charge in [0.2, 0.25) is 0 Å². The van der Waals surface area contributed by atoms with Gasteiger partial charge in [-0.15, -0.1) is 0 Å². The van der Waals surface area contributed by atoms with E-state index in [0.717, 1.165) is 25.7 Å². The summed E-state index contributed by atoms with van der Waals surface area (Å²) in [5, 5.41) is 2.12. The molecular formula is C43H64Na2NiO16S6. The maximum absolute atomic E-state index is 11.8. The van der Waals surface area contributed by atoms with E-state index in [1.165, 1.54) is 5.75 Å². The van der Waals surface area contributed by atoms with E-state index in [2.05, 4.69) is 11.5 Å². The molecule has 68 heavy (non-hydrogen) atoms. The van der Waals surface area contributed by atoms with Crippen molar-refractivity contribution in [1.29, 1.82) is 0 Å². The van der Waals surface area contributed by atoms with Crippen molar-refractivity contribution < 1.29 is 147 Å². The van der Waals surface area contributed by atoms with Gasteiger partial charge < -0.3 is 18.2 Å². The van der Waals surface area contributed by atoms with Crippen molar-refractivity contribution in [3.8, 4) is 0 Å². The summed E-state index contributed by atoms with van der Waals surface area (Å²) in [6.45, 7) is 15.3. The summed E-state index contributed by atoms with van der Waals surface area (Å²) in [4.78, 5) is 47.4. The summed E-state index contributed by atoms with van der Waals surface area (Å²) in [7, 11) is -13.6. The van der Waals surface area contributed by atoms with Crippen LogP contribution >= 0.6 is 21.6 Å². The molecule has 1 aliphatic heterocycles. The van der Waals surface area contributed by atoms with E-state index in [1.54, 1.807) is 0 Å². The maximum Gasteiger partial charge on any atom is 2.00 e. The summed E-state index contributed by atoms with van der Waals surface area (Å²) in [5.74, 6) is 0.0784. The van der Waals surface area contributed by atoms with Gasteiger partial charge in [-0.3, -0.25) is 19.2 Å². The second kappa shape index (κ2) is 22.1. The molecule has 9 rings (SSSR count). The molecule has 25 heteroatoms. The van der Waals surface area contributed by atoms with E-state index in [-0.39, 0.29) is 144 Å². The minimum atomic E-state index is -4.33. The first kappa shape index (κ1) is 65.4. The van der Waals surface area contributed by atoms with E-state index in [1.807, 2.05) is 77.0 Å². The number of carbonyl (C=O) groups excluding carboxylic acids is 4. The number of rotatable bonds is 8. The molecule has 380 valence electrons. The van der Waals surface area contributed by atoms with Crippen LogP contribution in [0.3, 0.4) is 0 Å². The second-order valence-corrected chi connectivity index (χ2v) is 30.2. The van der Waals surface area contributed by atoms with Gasteiger partial charge in [0.15, 0.2) is 0 Å². The summed E-state index contributed by atoms with van der Waals surface area (Å²) in [6, 6.07) is 0. The smallest absolute Gasteiger partial charge is 0.748 e. The maximum atomic E-state index is 11.8. The van der Waals surface area contributed by atoms with E-state index < -0.39 is 85.1 Å². The monoisotopic (exact) mass is 1130 g/mol. The Morgan fingerprint density at radius 1 is 0.456 bits per heavy atom. The summed E-state index contributed by atoms with van der Waals surface area (Å²) in [5.41, 5.74) is -4.89. The van der Waals surface area contributed by atoms with Gasteiger partial charge in [0.05, 0.1) is 63.5 Å². The molecule has 8 fully saturated rings. The van der Waals surface area contributed by atoms with Crippen LogP contribution in [0.4, 0.5) is 0 Å². The van der Waals surface area contributed by atoms with Crippen molar-refractivity contribution in [1.82, 2.24) is 0 Å². The van der Waals surface area contributed by atoms with Crippen molar-refractivity contribution in [2.45, 2.75) is 132 Å². The Bertz CT molecular complexity index is 2120. The molecule has 0 N–H and O–H groups in total. The Hall–Kier alpha value is 1.25. The molecule has 0 saturated heterocycles. The first-order chi connectivity index (χ1) is 29.3. The molecule has 1 heterocycles.